The van der Waals surface area contributed by atoms with E-state index in [0.29, 0.717) is 55.5 Å². The molecule has 3 heterocycles. The average Bonchev–Trinajstić information content (AvgIpc) is 3.46. The van der Waals surface area contributed by atoms with Crippen molar-refractivity contribution >= 4 is 40.7 Å². The quantitative estimate of drug-likeness (QED) is 0.199. The summed E-state index contributed by atoms with van der Waals surface area (Å²) in [7, 11) is 0. The van der Waals surface area contributed by atoms with Crippen molar-refractivity contribution in [3.63, 3.8) is 0 Å². The predicted octanol–water partition coefficient (Wildman–Crippen LogP) is 6.45. The molecule has 0 atom stereocenters. The molecule has 1 saturated heterocycles. The number of rotatable bonds is 9. The minimum absolute atomic E-state index is 0.0666. The Labute approximate surface area is 299 Å². The summed E-state index contributed by atoms with van der Waals surface area (Å²) >= 11 is 6.08. The summed E-state index contributed by atoms with van der Waals surface area (Å²) < 4.78 is 44.9. The maximum atomic E-state index is 14.6. The summed E-state index contributed by atoms with van der Waals surface area (Å²) in [5.74, 6) is -2.03. The first-order valence-corrected chi connectivity index (χ1v) is 16.8. The first-order chi connectivity index (χ1) is 24.3. The molecule has 3 aliphatic rings. The van der Waals surface area contributed by atoms with E-state index in [1.54, 1.807) is 17.9 Å². The zero-order valence-corrected chi connectivity index (χ0v) is 29.3. The number of hydrogen-bond donors (Lipinski definition) is 3. The number of anilines is 1. The zero-order chi connectivity index (χ0) is 37.3. The molecule has 1 spiro atoms. The van der Waals surface area contributed by atoms with Gasteiger partial charge in [0.2, 0.25) is 5.91 Å². The van der Waals surface area contributed by atoms with Crippen molar-refractivity contribution in [3.8, 4) is 5.75 Å². The molecule has 1 aliphatic carbocycles. The summed E-state index contributed by atoms with van der Waals surface area (Å²) in [5.41, 5.74) is 0.0913. The number of allylic oxidation sites excluding steroid dienone is 2. The van der Waals surface area contributed by atoms with Crippen LogP contribution in [0.25, 0.3) is 0 Å². The highest BCUT2D eigenvalue weighted by Gasteiger charge is 2.46. The van der Waals surface area contributed by atoms with E-state index in [2.05, 4.69) is 27.3 Å². The van der Waals surface area contributed by atoms with E-state index in [4.69, 9.17) is 16.3 Å². The fourth-order valence-electron chi connectivity index (χ4n) is 5.97. The second-order valence-electron chi connectivity index (χ2n) is 11.6. The molecule has 0 bridgehead atoms. The van der Waals surface area contributed by atoms with E-state index in [9.17, 15) is 32.7 Å². The smallest absolute Gasteiger partial charge is 0.416 e. The van der Waals surface area contributed by atoms with Crippen LogP contribution in [0.5, 0.6) is 5.75 Å². The molecule has 2 aliphatic heterocycles. The number of amides is 3. The Bertz CT molecular complexity index is 1780. The largest absolute Gasteiger partial charge is 0.505 e. The maximum Gasteiger partial charge on any atom is 0.416 e. The van der Waals surface area contributed by atoms with Crippen molar-refractivity contribution in [1.82, 2.24) is 20.2 Å². The van der Waals surface area contributed by atoms with Crippen LogP contribution in [-0.4, -0.2) is 76.3 Å². The van der Waals surface area contributed by atoms with Crippen LogP contribution < -0.4 is 10.6 Å². The van der Waals surface area contributed by atoms with Gasteiger partial charge in [-0.05, 0) is 74.4 Å². The third kappa shape index (κ3) is 9.05. The number of aromatic hydroxyl groups is 1. The number of hydrogen-bond acceptors (Lipinski definition) is 8. The number of nitrogens with one attached hydrogen (secondary N) is 2. The van der Waals surface area contributed by atoms with E-state index in [-0.39, 0.29) is 35.2 Å². The van der Waals surface area contributed by atoms with Gasteiger partial charge in [0.1, 0.15) is 12.3 Å². The van der Waals surface area contributed by atoms with E-state index >= 15 is 0 Å². The fraction of sp³-hybridized carbons (Fsp3) is 0.361. The third-order valence-corrected chi connectivity index (χ3v) is 8.85. The maximum absolute atomic E-state index is 14.6. The van der Waals surface area contributed by atoms with Crippen molar-refractivity contribution in [1.29, 1.82) is 0 Å². The third-order valence-electron chi connectivity index (χ3n) is 8.54. The Balaban J connectivity index is 0.00000286. The molecule has 2 aromatic rings. The summed E-state index contributed by atoms with van der Waals surface area (Å²) in [4.78, 5) is 46.7. The molecule has 1 fully saturated rings. The minimum atomic E-state index is -4.62. The van der Waals surface area contributed by atoms with Crippen molar-refractivity contribution in [2.24, 2.45) is 10.5 Å². The molecule has 0 radical (unpaired) electrons. The Morgan fingerprint density at radius 3 is 2.55 bits per heavy atom. The lowest BCUT2D eigenvalue weighted by Crippen LogP contribution is -2.46. The monoisotopic (exact) mass is 728 g/mol. The molecule has 0 saturated carbocycles. The van der Waals surface area contributed by atoms with Crippen LogP contribution in [-0.2, 0) is 20.5 Å². The lowest BCUT2D eigenvalue weighted by Gasteiger charge is -2.40. The first kappa shape index (κ1) is 38.8. The molecule has 1 aromatic heterocycles. The van der Waals surface area contributed by atoms with Gasteiger partial charge in [0.25, 0.3) is 11.8 Å². The van der Waals surface area contributed by atoms with Gasteiger partial charge in [0, 0.05) is 30.4 Å². The van der Waals surface area contributed by atoms with E-state index < -0.39 is 41.4 Å². The van der Waals surface area contributed by atoms with Crippen LogP contribution in [0.1, 0.15) is 56.1 Å². The van der Waals surface area contributed by atoms with Crippen LogP contribution in [0, 0.1) is 5.41 Å². The topological polar surface area (TPSA) is 136 Å². The van der Waals surface area contributed by atoms with Crippen LogP contribution in [0.15, 0.2) is 89.5 Å². The Hall–Kier alpha value is -4.95. The second-order valence-corrected chi connectivity index (χ2v) is 12.0. The highest BCUT2D eigenvalue weighted by molar-refractivity contribution is 6.33. The lowest BCUT2D eigenvalue weighted by molar-refractivity contribution is -0.137. The highest BCUT2D eigenvalue weighted by Crippen LogP contribution is 2.46. The summed E-state index contributed by atoms with van der Waals surface area (Å²) in [5, 5.41) is 20.9. The molecule has 51 heavy (non-hydrogen) atoms. The standard InChI is InChI=1S/C34H34ClF3N6O5.C2H6/c1-3-39-26-8-11-33(12-15-43(16-13-33)32(48)30-27(45)5-4-14-40-30)29(26)31(47)44(42-21(2)22-9-17-49-18-10-22)20-28(46)41-25-7-6-23(19-24(25)35)34(36,37)38;1-2/h3-9,11,14,19,39,45H,1,10,12-13,15-18,20H2,2H3,(H,41,46);1-2H3/b42-21+;. The van der Waals surface area contributed by atoms with Gasteiger partial charge in [-0.2, -0.15) is 18.3 Å². The van der Waals surface area contributed by atoms with Gasteiger partial charge in [0.05, 0.1) is 40.8 Å². The molecular formula is C36H40ClF3N6O5. The number of ether oxygens (including phenoxy) is 1. The first-order valence-electron chi connectivity index (χ1n) is 16.4. The van der Waals surface area contributed by atoms with Crippen LogP contribution in [0.3, 0.4) is 0 Å². The number of carbonyl (C=O) groups excluding carboxylic acids is 3. The van der Waals surface area contributed by atoms with Crippen LogP contribution in [0.4, 0.5) is 18.9 Å². The Morgan fingerprint density at radius 1 is 1.22 bits per heavy atom. The van der Waals surface area contributed by atoms with E-state index in [1.165, 1.54) is 24.5 Å². The predicted molar refractivity (Wildman–Crippen MR) is 188 cm³/mol. The van der Waals surface area contributed by atoms with E-state index in [0.717, 1.165) is 22.7 Å². The number of likely N-dealkylation sites (tertiary alicyclic amines) is 1. The van der Waals surface area contributed by atoms with Gasteiger partial charge >= 0.3 is 6.18 Å². The molecule has 0 unspecified atom stereocenters. The summed E-state index contributed by atoms with van der Waals surface area (Å²) in [6.45, 7) is 10.1. The van der Waals surface area contributed by atoms with Crippen molar-refractivity contribution in [2.45, 2.75) is 46.2 Å². The molecular weight excluding hydrogens is 689 g/mol. The molecule has 5 rings (SSSR count). The number of halogens is 4. The molecule has 15 heteroatoms. The Kier molecular flexibility index (Phi) is 12.8. The molecule has 1 aromatic carbocycles. The zero-order valence-electron chi connectivity index (χ0n) is 28.5. The number of carbonyl (C=O) groups is 3. The second kappa shape index (κ2) is 16.8. The SMILES string of the molecule is C=CNC1=C(C(=O)N(CC(=O)Nc2ccc(C(F)(F)F)cc2Cl)/N=C(\C)C2=CCOCC2)C2(C=C1)CCN(C(=O)c1ncccc1O)CC2.CC. The number of pyridine rings is 1. The molecule has 3 amide bonds. The van der Waals surface area contributed by atoms with Gasteiger partial charge in [0.15, 0.2) is 5.69 Å². The summed E-state index contributed by atoms with van der Waals surface area (Å²) in [6, 6.07) is 5.44. The molecule has 11 nitrogen and oxygen atoms in total. The summed E-state index contributed by atoms with van der Waals surface area (Å²) in [6.07, 6.45) is 4.87. The lowest BCUT2D eigenvalue weighted by atomic mass is 9.73. The van der Waals surface area contributed by atoms with Gasteiger partial charge in [-0.25, -0.2) is 9.99 Å². The number of benzene rings is 1. The number of nitrogens with zero attached hydrogens (tertiary/aromatic N) is 4. The number of piperidine rings is 1. The van der Waals surface area contributed by atoms with Crippen LogP contribution >= 0.6 is 11.6 Å². The molecule has 272 valence electrons. The number of alkyl halides is 3. The molecule has 3 N–H and O–H groups in total. The number of aromatic nitrogens is 1. The normalized spacial score (nSPS) is 17.0. The van der Waals surface area contributed by atoms with Gasteiger partial charge < -0.3 is 25.4 Å². The van der Waals surface area contributed by atoms with Crippen molar-refractivity contribution in [2.75, 3.05) is 38.2 Å². The van der Waals surface area contributed by atoms with Gasteiger partial charge in [-0.1, -0.05) is 44.2 Å². The fourth-order valence-corrected chi connectivity index (χ4v) is 6.20. The minimum Gasteiger partial charge on any atom is -0.505 e. The van der Waals surface area contributed by atoms with Crippen molar-refractivity contribution in [3.05, 3.63) is 101 Å². The average molecular weight is 729 g/mol. The number of hydrazone groups is 1. The van der Waals surface area contributed by atoms with Gasteiger partial charge in [-0.3, -0.25) is 14.4 Å². The highest BCUT2D eigenvalue weighted by atomic mass is 35.5. The Morgan fingerprint density at radius 2 is 1.94 bits per heavy atom. The van der Waals surface area contributed by atoms with Crippen LogP contribution in [0.2, 0.25) is 5.02 Å². The van der Waals surface area contributed by atoms with Crippen molar-refractivity contribution < 1.29 is 37.4 Å². The van der Waals surface area contributed by atoms with Gasteiger partial charge in [-0.15, -0.1) is 0 Å². The van der Waals surface area contributed by atoms with E-state index in [1.807, 2.05) is 26.0 Å².